The molecule has 1 aliphatic carbocycles. The standard InChI is InChI=1S/C32H38N2O5/c1-7-29(35)28-17-16-25(20-33-28)37-23-12-8-21(9-13-23)32(5,6)22-10-14-24(15-11-22)38-26-18-27(19-26)39-30(36)34-31(2,3)4/h8-17,20,26-27H,7,18-19H2,1-6H3,(H,34,36). The van der Waals surface area contributed by atoms with E-state index in [4.69, 9.17) is 14.2 Å². The van der Waals surface area contributed by atoms with E-state index in [-0.39, 0.29) is 35.0 Å². The summed E-state index contributed by atoms with van der Waals surface area (Å²) in [6.07, 6.45) is 2.94. The lowest BCUT2D eigenvalue weighted by atomic mass is 9.78. The summed E-state index contributed by atoms with van der Waals surface area (Å²) >= 11 is 0. The summed E-state index contributed by atoms with van der Waals surface area (Å²) in [5.74, 6) is 2.11. The van der Waals surface area contributed by atoms with Crippen molar-refractivity contribution in [3.8, 4) is 17.2 Å². The molecule has 1 aromatic heterocycles. The van der Waals surface area contributed by atoms with Crippen molar-refractivity contribution in [1.29, 1.82) is 0 Å². The monoisotopic (exact) mass is 530 g/mol. The fourth-order valence-corrected chi connectivity index (χ4v) is 4.37. The van der Waals surface area contributed by atoms with Gasteiger partial charge in [-0.1, -0.05) is 45.0 Å². The maximum atomic E-state index is 11.9. The fourth-order valence-electron chi connectivity index (χ4n) is 4.37. The van der Waals surface area contributed by atoms with Gasteiger partial charge in [-0.15, -0.1) is 0 Å². The lowest BCUT2D eigenvalue weighted by Crippen LogP contribution is -2.46. The maximum Gasteiger partial charge on any atom is 0.407 e. The van der Waals surface area contributed by atoms with Crippen LogP contribution in [0.25, 0.3) is 0 Å². The van der Waals surface area contributed by atoms with E-state index >= 15 is 0 Å². The largest absolute Gasteiger partial charge is 0.490 e. The normalized spacial score (nSPS) is 17.1. The van der Waals surface area contributed by atoms with E-state index in [0.29, 0.717) is 36.5 Å². The molecule has 0 radical (unpaired) electrons. The molecule has 0 saturated heterocycles. The zero-order chi connectivity index (χ0) is 28.2. The summed E-state index contributed by atoms with van der Waals surface area (Å²) in [6, 6.07) is 19.6. The SMILES string of the molecule is CCC(=O)c1ccc(Oc2ccc(C(C)(C)c3ccc(OC4CC(OC(=O)NC(C)(C)C)C4)cc3)cc2)cn1. The number of benzene rings is 2. The number of nitrogens with one attached hydrogen (secondary N) is 1. The molecule has 1 fully saturated rings. The van der Waals surface area contributed by atoms with Crippen molar-refractivity contribution in [3.05, 3.63) is 83.7 Å². The minimum Gasteiger partial charge on any atom is -0.490 e. The third kappa shape index (κ3) is 7.37. The Morgan fingerprint density at radius 2 is 1.38 bits per heavy atom. The van der Waals surface area contributed by atoms with Crippen LogP contribution < -0.4 is 14.8 Å². The number of carbonyl (C=O) groups excluding carboxylic acids is 2. The molecule has 4 rings (SSSR count). The molecule has 0 unspecified atom stereocenters. The van der Waals surface area contributed by atoms with Gasteiger partial charge in [-0.3, -0.25) is 4.79 Å². The number of hydrogen-bond donors (Lipinski definition) is 1. The quantitative estimate of drug-likeness (QED) is 0.294. The van der Waals surface area contributed by atoms with Crippen LogP contribution in [-0.4, -0.2) is 34.6 Å². The molecule has 1 heterocycles. The molecule has 3 aromatic rings. The average Bonchev–Trinajstić information content (AvgIpc) is 2.87. The Bertz CT molecular complexity index is 1270. The van der Waals surface area contributed by atoms with E-state index < -0.39 is 0 Å². The van der Waals surface area contributed by atoms with Gasteiger partial charge >= 0.3 is 6.09 Å². The molecule has 1 amide bonds. The highest BCUT2D eigenvalue weighted by Gasteiger charge is 2.34. The van der Waals surface area contributed by atoms with Gasteiger partial charge in [0, 0.05) is 30.2 Å². The number of Topliss-reactive ketones (excluding diaryl/α,β-unsaturated/α-hetero) is 1. The van der Waals surface area contributed by atoms with Crippen molar-refractivity contribution in [2.24, 2.45) is 0 Å². The highest BCUT2D eigenvalue weighted by Crippen LogP contribution is 2.35. The second kappa shape index (κ2) is 11.5. The number of ether oxygens (including phenoxy) is 3. The zero-order valence-corrected chi connectivity index (χ0v) is 23.6. The first kappa shape index (κ1) is 28.1. The first-order chi connectivity index (χ1) is 18.4. The summed E-state index contributed by atoms with van der Waals surface area (Å²) in [5, 5.41) is 2.82. The Balaban J connectivity index is 1.30. The molecule has 1 N–H and O–H groups in total. The number of hydrogen-bond acceptors (Lipinski definition) is 6. The van der Waals surface area contributed by atoms with E-state index in [1.54, 1.807) is 18.3 Å². The Morgan fingerprint density at radius 3 is 1.90 bits per heavy atom. The smallest absolute Gasteiger partial charge is 0.407 e. The van der Waals surface area contributed by atoms with Gasteiger partial charge in [0.2, 0.25) is 0 Å². The number of ketones is 1. The van der Waals surface area contributed by atoms with E-state index in [9.17, 15) is 9.59 Å². The van der Waals surface area contributed by atoms with Crippen molar-refractivity contribution in [3.63, 3.8) is 0 Å². The number of pyridine rings is 1. The van der Waals surface area contributed by atoms with E-state index in [2.05, 4.69) is 48.4 Å². The van der Waals surface area contributed by atoms with Crippen molar-refractivity contribution >= 4 is 11.9 Å². The summed E-state index contributed by atoms with van der Waals surface area (Å²) in [4.78, 5) is 27.9. The number of amides is 1. The summed E-state index contributed by atoms with van der Waals surface area (Å²) in [5.41, 5.74) is 2.22. The summed E-state index contributed by atoms with van der Waals surface area (Å²) in [6.45, 7) is 12.0. The molecule has 0 spiro atoms. The summed E-state index contributed by atoms with van der Waals surface area (Å²) in [7, 11) is 0. The van der Waals surface area contributed by atoms with Crippen LogP contribution in [0.15, 0.2) is 66.9 Å². The number of carbonyl (C=O) groups is 2. The Labute approximate surface area is 230 Å². The van der Waals surface area contributed by atoms with Crippen molar-refractivity contribution in [2.75, 3.05) is 0 Å². The number of nitrogens with zero attached hydrogens (tertiary/aromatic N) is 1. The third-order valence-corrected chi connectivity index (χ3v) is 6.84. The van der Waals surface area contributed by atoms with Gasteiger partial charge in [0.25, 0.3) is 0 Å². The maximum absolute atomic E-state index is 11.9. The van der Waals surface area contributed by atoms with Crippen LogP contribution in [0.2, 0.25) is 0 Å². The highest BCUT2D eigenvalue weighted by molar-refractivity contribution is 5.93. The first-order valence-electron chi connectivity index (χ1n) is 13.5. The molecular weight excluding hydrogens is 492 g/mol. The Hall–Kier alpha value is -3.87. The minimum atomic E-state index is -0.382. The van der Waals surface area contributed by atoms with Crippen molar-refractivity contribution in [1.82, 2.24) is 10.3 Å². The van der Waals surface area contributed by atoms with Gasteiger partial charge in [0.1, 0.15) is 35.2 Å². The van der Waals surface area contributed by atoms with Crippen LogP contribution in [0.1, 0.15) is 82.4 Å². The van der Waals surface area contributed by atoms with Gasteiger partial charge in [-0.05, 0) is 68.3 Å². The molecular formula is C32H38N2O5. The third-order valence-electron chi connectivity index (χ3n) is 6.84. The fraction of sp³-hybridized carbons (Fsp3) is 0.406. The minimum absolute atomic E-state index is 0.0107. The molecule has 39 heavy (non-hydrogen) atoms. The average molecular weight is 531 g/mol. The predicted molar refractivity (Wildman–Crippen MR) is 151 cm³/mol. The van der Waals surface area contributed by atoms with Crippen LogP contribution in [-0.2, 0) is 10.2 Å². The van der Waals surface area contributed by atoms with Crippen LogP contribution >= 0.6 is 0 Å². The zero-order valence-electron chi connectivity index (χ0n) is 23.6. The van der Waals surface area contributed by atoms with Crippen molar-refractivity contribution < 1.29 is 23.8 Å². The van der Waals surface area contributed by atoms with Gasteiger partial charge in [-0.2, -0.15) is 0 Å². The van der Waals surface area contributed by atoms with E-state index in [0.717, 1.165) is 16.9 Å². The molecule has 206 valence electrons. The molecule has 1 aliphatic rings. The van der Waals surface area contributed by atoms with E-state index in [1.165, 1.54) is 0 Å². The molecule has 7 heteroatoms. The van der Waals surface area contributed by atoms with Gasteiger partial charge < -0.3 is 19.5 Å². The molecule has 0 aliphatic heterocycles. The second-order valence-electron chi connectivity index (χ2n) is 11.5. The van der Waals surface area contributed by atoms with Gasteiger partial charge in [-0.25, -0.2) is 9.78 Å². The van der Waals surface area contributed by atoms with Gasteiger partial charge in [0.05, 0.1) is 6.20 Å². The lowest BCUT2D eigenvalue weighted by Gasteiger charge is -2.35. The number of alkyl carbamates (subject to hydrolysis) is 1. The molecule has 7 nitrogen and oxygen atoms in total. The first-order valence-corrected chi connectivity index (χ1v) is 13.5. The number of aromatic nitrogens is 1. The molecule has 1 saturated carbocycles. The molecule has 0 bridgehead atoms. The van der Waals surface area contributed by atoms with Crippen LogP contribution in [0.5, 0.6) is 17.2 Å². The Morgan fingerprint density at radius 1 is 0.821 bits per heavy atom. The van der Waals surface area contributed by atoms with Crippen molar-refractivity contribution in [2.45, 2.75) is 84.0 Å². The Kier molecular flexibility index (Phi) is 8.28. The lowest BCUT2D eigenvalue weighted by molar-refractivity contribution is -0.0243. The number of rotatable bonds is 9. The topological polar surface area (TPSA) is 86.8 Å². The second-order valence-corrected chi connectivity index (χ2v) is 11.5. The van der Waals surface area contributed by atoms with Crippen LogP contribution in [0.4, 0.5) is 4.79 Å². The highest BCUT2D eigenvalue weighted by atomic mass is 16.6. The molecule has 2 aromatic carbocycles. The predicted octanol–water partition coefficient (Wildman–Crippen LogP) is 7.23. The molecule has 0 atom stereocenters. The summed E-state index contributed by atoms with van der Waals surface area (Å²) < 4.78 is 17.4. The van der Waals surface area contributed by atoms with E-state index in [1.807, 2.05) is 52.0 Å². The van der Waals surface area contributed by atoms with Crippen LogP contribution in [0.3, 0.4) is 0 Å². The van der Waals surface area contributed by atoms with Gasteiger partial charge in [0.15, 0.2) is 5.78 Å². The van der Waals surface area contributed by atoms with Crippen LogP contribution in [0, 0.1) is 0 Å².